The highest BCUT2D eigenvalue weighted by Crippen LogP contribution is 2.26. The van der Waals surface area contributed by atoms with E-state index < -0.39 is 0 Å². The van der Waals surface area contributed by atoms with E-state index in [1.54, 1.807) is 0 Å². The van der Waals surface area contributed by atoms with Gasteiger partial charge in [0.05, 0.1) is 0 Å². The van der Waals surface area contributed by atoms with E-state index >= 15 is 0 Å². The van der Waals surface area contributed by atoms with Gasteiger partial charge in [0.25, 0.3) is 0 Å². The van der Waals surface area contributed by atoms with Gasteiger partial charge < -0.3 is 5.73 Å². The van der Waals surface area contributed by atoms with Crippen LogP contribution in [0.2, 0.25) is 5.02 Å². The molecule has 0 amide bonds. The molecule has 12 heavy (non-hydrogen) atoms. The number of nitrogens with two attached hydrogens (primary N) is 1. The summed E-state index contributed by atoms with van der Waals surface area (Å²) in [7, 11) is 0. The first-order chi connectivity index (χ1) is 5.65. The lowest BCUT2D eigenvalue weighted by molar-refractivity contribution is 0.626. The molecule has 0 aliphatic rings. The van der Waals surface area contributed by atoms with Crippen LogP contribution in [0.4, 0.5) is 4.39 Å². The lowest BCUT2D eigenvalue weighted by atomic mass is 10.1. The topological polar surface area (TPSA) is 26.0 Å². The average Bonchev–Trinajstić information content (AvgIpc) is 1.96. The summed E-state index contributed by atoms with van der Waals surface area (Å²) in [6, 6.07) is 2.67. The first kappa shape index (κ1) is 9.96. The second kappa shape index (κ2) is 4.21. The molecule has 0 unspecified atom stereocenters. The van der Waals surface area contributed by atoms with Crippen molar-refractivity contribution in [1.29, 1.82) is 0 Å². The molecule has 0 bridgehead atoms. The minimum absolute atomic E-state index is 0.340. The van der Waals surface area contributed by atoms with Crippen molar-refractivity contribution in [3.8, 4) is 0 Å². The zero-order valence-corrected chi connectivity index (χ0v) is 8.62. The highest BCUT2D eigenvalue weighted by molar-refractivity contribution is 9.10. The third-order valence-corrected chi connectivity index (χ3v) is 2.54. The molecule has 66 valence electrons. The maximum atomic E-state index is 12.7. The Labute approximate surface area is 83.8 Å². The largest absolute Gasteiger partial charge is 0.330 e. The van der Waals surface area contributed by atoms with Crippen molar-refractivity contribution in [2.45, 2.75) is 6.42 Å². The number of halogens is 3. The fourth-order valence-electron chi connectivity index (χ4n) is 0.955. The molecule has 1 rings (SSSR count). The van der Waals surface area contributed by atoms with E-state index in [1.165, 1.54) is 12.1 Å². The van der Waals surface area contributed by atoms with Crippen LogP contribution in [0.1, 0.15) is 5.56 Å². The van der Waals surface area contributed by atoms with E-state index in [4.69, 9.17) is 17.3 Å². The van der Waals surface area contributed by atoms with Crippen molar-refractivity contribution in [3.63, 3.8) is 0 Å². The third-order valence-electron chi connectivity index (χ3n) is 1.50. The molecule has 0 spiro atoms. The molecule has 0 aliphatic carbocycles. The predicted octanol–water partition coefficient (Wildman–Crippen LogP) is 2.74. The molecule has 1 aromatic carbocycles. The second-order valence-corrected chi connectivity index (χ2v) is 3.65. The van der Waals surface area contributed by atoms with Gasteiger partial charge in [-0.1, -0.05) is 27.5 Å². The molecular formula is C8H8BrClFN. The SMILES string of the molecule is NCCc1c(Cl)cc(F)cc1Br. The van der Waals surface area contributed by atoms with E-state index in [0.717, 1.165) is 5.56 Å². The molecule has 0 saturated heterocycles. The van der Waals surface area contributed by atoms with E-state index in [1.807, 2.05) is 0 Å². The Hall–Kier alpha value is -0.120. The summed E-state index contributed by atoms with van der Waals surface area (Å²) in [5.74, 6) is -0.340. The molecule has 4 heteroatoms. The number of benzene rings is 1. The molecule has 0 saturated carbocycles. The van der Waals surface area contributed by atoms with Crippen LogP contribution in [0.3, 0.4) is 0 Å². The molecule has 1 aromatic rings. The van der Waals surface area contributed by atoms with Crippen LogP contribution < -0.4 is 5.73 Å². The first-order valence-electron chi connectivity index (χ1n) is 3.48. The van der Waals surface area contributed by atoms with Gasteiger partial charge in [-0.05, 0) is 30.7 Å². The summed E-state index contributed by atoms with van der Waals surface area (Å²) < 4.78 is 13.4. The van der Waals surface area contributed by atoms with Gasteiger partial charge in [-0.15, -0.1) is 0 Å². The Bertz CT molecular complexity index is 267. The molecule has 0 heterocycles. The van der Waals surface area contributed by atoms with Gasteiger partial charge in [0.15, 0.2) is 0 Å². The fraction of sp³-hybridized carbons (Fsp3) is 0.250. The molecule has 0 atom stereocenters. The van der Waals surface area contributed by atoms with Crippen molar-refractivity contribution in [3.05, 3.63) is 33.0 Å². The molecule has 2 N–H and O–H groups in total. The van der Waals surface area contributed by atoms with Crippen LogP contribution in [0, 0.1) is 5.82 Å². The summed E-state index contributed by atoms with van der Waals surface area (Å²) in [5.41, 5.74) is 6.22. The zero-order valence-electron chi connectivity index (χ0n) is 6.28. The minimum Gasteiger partial charge on any atom is -0.330 e. The van der Waals surface area contributed by atoms with Gasteiger partial charge in [0.2, 0.25) is 0 Å². The highest BCUT2D eigenvalue weighted by Gasteiger charge is 2.06. The van der Waals surface area contributed by atoms with Crippen LogP contribution in [0.25, 0.3) is 0 Å². The maximum Gasteiger partial charge on any atom is 0.125 e. The number of rotatable bonds is 2. The fourth-order valence-corrected chi connectivity index (χ4v) is 2.00. The van der Waals surface area contributed by atoms with Crippen LogP contribution in [-0.4, -0.2) is 6.54 Å². The van der Waals surface area contributed by atoms with E-state index in [2.05, 4.69) is 15.9 Å². The quantitative estimate of drug-likeness (QED) is 0.860. The third kappa shape index (κ3) is 2.19. The Morgan fingerprint density at radius 2 is 2.17 bits per heavy atom. The van der Waals surface area contributed by atoms with Crippen molar-refractivity contribution >= 4 is 27.5 Å². The van der Waals surface area contributed by atoms with Gasteiger partial charge in [0, 0.05) is 9.50 Å². The van der Waals surface area contributed by atoms with Crippen LogP contribution in [0.5, 0.6) is 0 Å². The molecule has 0 aromatic heterocycles. The average molecular weight is 253 g/mol. The lowest BCUT2D eigenvalue weighted by Gasteiger charge is -2.05. The Balaban J connectivity index is 3.10. The molecule has 1 nitrogen and oxygen atoms in total. The summed E-state index contributed by atoms with van der Waals surface area (Å²) in [5, 5.41) is 0.423. The molecule has 0 fully saturated rings. The normalized spacial score (nSPS) is 10.3. The predicted molar refractivity (Wildman–Crippen MR) is 51.9 cm³/mol. The van der Waals surface area contributed by atoms with Gasteiger partial charge in [-0.25, -0.2) is 4.39 Å². The molecule has 0 radical (unpaired) electrons. The van der Waals surface area contributed by atoms with Gasteiger partial charge in [0.1, 0.15) is 5.82 Å². The van der Waals surface area contributed by atoms with E-state index in [-0.39, 0.29) is 5.82 Å². The number of hydrogen-bond donors (Lipinski definition) is 1. The van der Waals surface area contributed by atoms with Gasteiger partial charge in [-0.3, -0.25) is 0 Å². The van der Waals surface area contributed by atoms with Crippen LogP contribution in [0.15, 0.2) is 16.6 Å². The standard InChI is InChI=1S/C8H8BrClFN/c9-7-3-5(11)4-8(10)6(7)1-2-12/h3-4H,1-2,12H2. The summed E-state index contributed by atoms with van der Waals surface area (Å²) in [6.07, 6.45) is 0.652. The minimum atomic E-state index is -0.340. The van der Waals surface area contributed by atoms with Gasteiger partial charge in [-0.2, -0.15) is 0 Å². The van der Waals surface area contributed by atoms with E-state index in [9.17, 15) is 4.39 Å². The highest BCUT2D eigenvalue weighted by atomic mass is 79.9. The van der Waals surface area contributed by atoms with Crippen molar-refractivity contribution in [1.82, 2.24) is 0 Å². The Morgan fingerprint density at radius 3 is 2.67 bits per heavy atom. The summed E-state index contributed by atoms with van der Waals surface area (Å²) >= 11 is 9.01. The smallest absolute Gasteiger partial charge is 0.125 e. The Morgan fingerprint density at radius 1 is 1.50 bits per heavy atom. The molecule has 0 aliphatic heterocycles. The van der Waals surface area contributed by atoms with Crippen molar-refractivity contribution < 1.29 is 4.39 Å². The lowest BCUT2D eigenvalue weighted by Crippen LogP contribution is -2.04. The van der Waals surface area contributed by atoms with Crippen molar-refractivity contribution in [2.75, 3.05) is 6.54 Å². The van der Waals surface area contributed by atoms with Gasteiger partial charge >= 0.3 is 0 Å². The zero-order chi connectivity index (χ0) is 9.14. The van der Waals surface area contributed by atoms with Crippen LogP contribution >= 0.6 is 27.5 Å². The summed E-state index contributed by atoms with van der Waals surface area (Å²) in [4.78, 5) is 0. The maximum absolute atomic E-state index is 12.7. The number of hydrogen-bond acceptors (Lipinski definition) is 1. The Kier molecular flexibility index (Phi) is 3.50. The summed E-state index contributed by atoms with van der Waals surface area (Å²) in [6.45, 7) is 0.504. The van der Waals surface area contributed by atoms with Crippen molar-refractivity contribution in [2.24, 2.45) is 5.73 Å². The monoisotopic (exact) mass is 251 g/mol. The van der Waals surface area contributed by atoms with Crippen LogP contribution in [-0.2, 0) is 6.42 Å². The first-order valence-corrected chi connectivity index (χ1v) is 4.65. The van der Waals surface area contributed by atoms with E-state index in [0.29, 0.717) is 22.5 Å². The second-order valence-electron chi connectivity index (χ2n) is 2.39. The molecular weight excluding hydrogens is 244 g/mol.